The first-order valence-electron chi connectivity index (χ1n) is 8.28. The number of amides is 1. The molecule has 1 amide bonds. The highest BCUT2D eigenvalue weighted by Gasteiger charge is 2.39. The van der Waals surface area contributed by atoms with Gasteiger partial charge in [-0.3, -0.25) is 14.7 Å². The number of aromatic nitrogens is 1. The van der Waals surface area contributed by atoms with E-state index in [1.165, 1.54) is 0 Å². The van der Waals surface area contributed by atoms with E-state index < -0.39 is 16.1 Å². The number of nitrogens with zero attached hydrogens (tertiary/aromatic N) is 2. The van der Waals surface area contributed by atoms with Gasteiger partial charge in [-0.1, -0.05) is 13.3 Å². The molecule has 1 aliphatic heterocycles. The summed E-state index contributed by atoms with van der Waals surface area (Å²) in [5, 5.41) is 2.64. The molecule has 1 aliphatic rings. The lowest BCUT2D eigenvalue weighted by molar-refractivity contribution is -0.124. The maximum atomic E-state index is 12.2. The average Bonchev–Trinajstić information content (AvgIpc) is 2.94. The van der Waals surface area contributed by atoms with Crippen LogP contribution >= 0.6 is 0 Å². The first kappa shape index (κ1) is 18.8. The Morgan fingerprint density at radius 2 is 2.04 bits per heavy atom. The molecule has 0 aliphatic carbocycles. The summed E-state index contributed by atoms with van der Waals surface area (Å²) in [6.07, 6.45) is 4.89. The lowest BCUT2D eigenvalue weighted by Gasteiger charge is -2.18. The predicted molar refractivity (Wildman–Crippen MR) is 92.7 cm³/mol. The van der Waals surface area contributed by atoms with Crippen molar-refractivity contribution in [2.24, 2.45) is 5.92 Å². The molecule has 7 nitrogen and oxygen atoms in total. The monoisotopic (exact) mass is 354 g/mol. The first-order chi connectivity index (χ1) is 11.4. The van der Waals surface area contributed by atoms with E-state index in [-0.39, 0.29) is 17.6 Å². The van der Waals surface area contributed by atoms with Crippen LogP contribution in [0.1, 0.15) is 25.3 Å². The number of sulfonamides is 1. The molecule has 1 saturated heterocycles. The standard InChI is InChI=1S/C16H26N4O3S/c1-3-4-9-24(22,23)19-15-12-20(11-14(15)16(21)17-2)10-13-5-7-18-8-6-13/h5-8,14-15,19H,3-4,9-12H2,1-2H3,(H,17,21)/t14-,15-/m0/s1. The van der Waals surface area contributed by atoms with Gasteiger partial charge >= 0.3 is 0 Å². The summed E-state index contributed by atoms with van der Waals surface area (Å²) in [4.78, 5) is 18.2. The molecular formula is C16H26N4O3S. The topological polar surface area (TPSA) is 91.4 Å². The minimum atomic E-state index is -3.36. The SMILES string of the molecule is CCCCS(=O)(=O)N[C@H]1CN(Cc2ccncc2)C[C@@H]1C(=O)NC. The minimum absolute atomic E-state index is 0.102. The van der Waals surface area contributed by atoms with E-state index in [1.807, 2.05) is 19.1 Å². The average molecular weight is 354 g/mol. The summed E-state index contributed by atoms with van der Waals surface area (Å²) in [6, 6.07) is 3.45. The fourth-order valence-electron chi connectivity index (χ4n) is 2.96. The molecule has 134 valence electrons. The van der Waals surface area contributed by atoms with Gasteiger partial charge < -0.3 is 5.32 Å². The molecule has 1 fully saturated rings. The van der Waals surface area contributed by atoms with Crippen molar-refractivity contribution in [1.29, 1.82) is 0 Å². The van der Waals surface area contributed by atoms with Crippen LogP contribution in [0.4, 0.5) is 0 Å². The van der Waals surface area contributed by atoms with Crippen LogP contribution in [-0.4, -0.2) is 56.1 Å². The van der Waals surface area contributed by atoms with Gasteiger partial charge in [0.2, 0.25) is 15.9 Å². The molecule has 0 saturated carbocycles. The quantitative estimate of drug-likeness (QED) is 0.703. The Kier molecular flexibility index (Phi) is 6.70. The number of unbranched alkanes of at least 4 members (excludes halogenated alkanes) is 1. The summed E-state index contributed by atoms with van der Waals surface area (Å²) in [5.41, 5.74) is 1.09. The summed E-state index contributed by atoms with van der Waals surface area (Å²) in [6.45, 7) is 3.67. The number of pyridine rings is 1. The molecule has 2 rings (SSSR count). The van der Waals surface area contributed by atoms with Crippen LogP contribution in [0.3, 0.4) is 0 Å². The number of carbonyl (C=O) groups excluding carboxylic acids is 1. The molecule has 0 spiro atoms. The van der Waals surface area contributed by atoms with Crippen molar-refractivity contribution in [2.75, 3.05) is 25.9 Å². The molecule has 2 heterocycles. The van der Waals surface area contributed by atoms with E-state index in [1.54, 1.807) is 19.4 Å². The molecule has 0 bridgehead atoms. The van der Waals surface area contributed by atoms with Crippen LogP contribution in [0.2, 0.25) is 0 Å². The molecule has 0 unspecified atom stereocenters. The third-order valence-corrected chi connectivity index (χ3v) is 5.72. The van der Waals surface area contributed by atoms with Crippen molar-refractivity contribution in [2.45, 2.75) is 32.4 Å². The van der Waals surface area contributed by atoms with E-state index in [2.05, 4.69) is 19.9 Å². The minimum Gasteiger partial charge on any atom is -0.359 e. The third-order valence-electron chi connectivity index (χ3n) is 4.23. The van der Waals surface area contributed by atoms with Gasteiger partial charge in [0, 0.05) is 45.1 Å². The Morgan fingerprint density at radius 1 is 1.33 bits per heavy atom. The third kappa shape index (κ3) is 5.25. The van der Waals surface area contributed by atoms with Crippen molar-refractivity contribution >= 4 is 15.9 Å². The van der Waals surface area contributed by atoms with Gasteiger partial charge in [0.1, 0.15) is 0 Å². The fourth-order valence-corrected chi connectivity index (χ4v) is 4.44. The van der Waals surface area contributed by atoms with Gasteiger partial charge in [0.05, 0.1) is 11.7 Å². The van der Waals surface area contributed by atoms with Crippen molar-refractivity contribution in [3.63, 3.8) is 0 Å². The highest BCUT2D eigenvalue weighted by atomic mass is 32.2. The number of hydrogen-bond donors (Lipinski definition) is 2. The van der Waals surface area contributed by atoms with Crippen molar-refractivity contribution in [1.82, 2.24) is 19.9 Å². The fraction of sp³-hybridized carbons (Fsp3) is 0.625. The molecule has 2 atom stereocenters. The number of rotatable bonds is 8. The molecule has 8 heteroatoms. The zero-order valence-corrected chi connectivity index (χ0v) is 15.1. The number of nitrogens with one attached hydrogen (secondary N) is 2. The normalized spacial score (nSPS) is 21.8. The second-order valence-electron chi connectivity index (χ2n) is 6.17. The zero-order valence-electron chi connectivity index (χ0n) is 14.2. The van der Waals surface area contributed by atoms with E-state index >= 15 is 0 Å². The molecule has 0 aromatic carbocycles. The van der Waals surface area contributed by atoms with Crippen LogP contribution in [-0.2, 0) is 21.4 Å². The summed E-state index contributed by atoms with van der Waals surface area (Å²) >= 11 is 0. The summed E-state index contributed by atoms with van der Waals surface area (Å²) in [5.74, 6) is -0.408. The summed E-state index contributed by atoms with van der Waals surface area (Å²) < 4.78 is 27.1. The lowest BCUT2D eigenvalue weighted by Crippen LogP contribution is -2.46. The Bertz CT molecular complexity index is 636. The highest BCUT2D eigenvalue weighted by Crippen LogP contribution is 2.20. The van der Waals surface area contributed by atoms with Crippen LogP contribution in [0.15, 0.2) is 24.5 Å². The number of carbonyl (C=O) groups is 1. The molecule has 2 N–H and O–H groups in total. The van der Waals surface area contributed by atoms with Gasteiger partial charge in [0.25, 0.3) is 0 Å². The van der Waals surface area contributed by atoms with Gasteiger partial charge in [-0.15, -0.1) is 0 Å². The van der Waals surface area contributed by atoms with Crippen molar-refractivity contribution in [3.8, 4) is 0 Å². The van der Waals surface area contributed by atoms with E-state index in [0.717, 1.165) is 12.0 Å². The highest BCUT2D eigenvalue weighted by molar-refractivity contribution is 7.89. The van der Waals surface area contributed by atoms with Gasteiger partial charge in [-0.2, -0.15) is 0 Å². The van der Waals surface area contributed by atoms with E-state index in [9.17, 15) is 13.2 Å². The first-order valence-corrected chi connectivity index (χ1v) is 9.93. The Balaban J connectivity index is 2.05. The van der Waals surface area contributed by atoms with E-state index in [0.29, 0.717) is 26.1 Å². The van der Waals surface area contributed by atoms with Crippen LogP contribution in [0.25, 0.3) is 0 Å². The van der Waals surface area contributed by atoms with Crippen molar-refractivity contribution < 1.29 is 13.2 Å². The zero-order chi connectivity index (χ0) is 17.6. The molecule has 1 aromatic rings. The summed E-state index contributed by atoms with van der Waals surface area (Å²) in [7, 11) is -1.78. The smallest absolute Gasteiger partial charge is 0.225 e. The molecule has 24 heavy (non-hydrogen) atoms. The maximum Gasteiger partial charge on any atom is 0.225 e. The van der Waals surface area contributed by atoms with Gasteiger partial charge in [-0.25, -0.2) is 13.1 Å². The molecule has 0 radical (unpaired) electrons. The van der Waals surface area contributed by atoms with Gasteiger partial charge in [-0.05, 0) is 24.1 Å². The van der Waals surface area contributed by atoms with Crippen molar-refractivity contribution in [3.05, 3.63) is 30.1 Å². The predicted octanol–water partition coefficient (Wildman–Crippen LogP) is 0.348. The Labute approximate surface area is 143 Å². The lowest BCUT2D eigenvalue weighted by atomic mass is 10.0. The number of likely N-dealkylation sites (tertiary alicyclic amines) is 1. The van der Waals surface area contributed by atoms with Gasteiger partial charge in [0.15, 0.2) is 0 Å². The second kappa shape index (κ2) is 8.55. The van der Waals surface area contributed by atoms with Crippen LogP contribution in [0.5, 0.6) is 0 Å². The largest absolute Gasteiger partial charge is 0.359 e. The molecule has 1 aromatic heterocycles. The van der Waals surface area contributed by atoms with Crippen LogP contribution < -0.4 is 10.0 Å². The Hall–Kier alpha value is -1.51. The number of hydrogen-bond acceptors (Lipinski definition) is 5. The maximum absolute atomic E-state index is 12.2. The van der Waals surface area contributed by atoms with E-state index in [4.69, 9.17) is 0 Å². The Morgan fingerprint density at radius 3 is 2.67 bits per heavy atom. The molecular weight excluding hydrogens is 328 g/mol. The second-order valence-corrected chi connectivity index (χ2v) is 8.04. The van der Waals surface area contributed by atoms with Crippen LogP contribution in [0, 0.1) is 5.92 Å².